The molecule has 0 bridgehead atoms. The second-order valence-electron chi connectivity index (χ2n) is 7.58. The molecule has 0 saturated carbocycles. The van der Waals surface area contributed by atoms with Crippen LogP contribution in [0.25, 0.3) is 11.4 Å². The van der Waals surface area contributed by atoms with Crippen molar-refractivity contribution in [2.75, 3.05) is 13.1 Å². The second-order valence-corrected chi connectivity index (χ2v) is 7.58. The van der Waals surface area contributed by atoms with E-state index in [1.165, 1.54) is 12.1 Å². The minimum Gasteiger partial charge on any atom is -0.339 e. The summed E-state index contributed by atoms with van der Waals surface area (Å²) in [5.74, 6) is 1.13. The molecule has 1 aromatic heterocycles. The molecule has 0 atom stereocenters. The number of benzene rings is 2. The Hall–Kier alpha value is -3.09. The average molecular weight is 413 g/mol. The molecule has 4 nitrogen and oxygen atoms in total. The van der Waals surface area contributed by atoms with Crippen molar-refractivity contribution >= 4 is 5.91 Å². The monoisotopic (exact) mass is 413 g/mol. The van der Waals surface area contributed by atoms with Gasteiger partial charge in [0.25, 0.3) is 5.91 Å². The molecular weight excluding hydrogens is 391 g/mol. The Labute approximate surface area is 173 Å². The van der Waals surface area contributed by atoms with Gasteiger partial charge in [-0.05, 0) is 43.0 Å². The Bertz CT molecular complexity index is 989. The van der Waals surface area contributed by atoms with E-state index in [1.807, 2.05) is 36.5 Å². The van der Waals surface area contributed by atoms with Crippen molar-refractivity contribution < 1.29 is 18.0 Å². The van der Waals surface area contributed by atoms with E-state index in [1.54, 1.807) is 11.1 Å². The summed E-state index contributed by atoms with van der Waals surface area (Å²) in [6.45, 7) is 2.02. The fourth-order valence-electron chi connectivity index (χ4n) is 3.89. The van der Waals surface area contributed by atoms with Gasteiger partial charge >= 0.3 is 6.18 Å². The summed E-state index contributed by atoms with van der Waals surface area (Å²) in [6.07, 6.45) is 1.07. The number of rotatable bonds is 4. The van der Waals surface area contributed by atoms with Crippen LogP contribution in [0.1, 0.15) is 28.8 Å². The molecule has 3 aromatic rings. The van der Waals surface area contributed by atoms with Gasteiger partial charge in [0.2, 0.25) is 0 Å². The van der Waals surface area contributed by atoms with Gasteiger partial charge < -0.3 is 9.47 Å². The van der Waals surface area contributed by atoms with Crippen molar-refractivity contribution in [1.82, 2.24) is 14.5 Å². The molecule has 1 aliphatic heterocycles. The Morgan fingerprint density at radius 1 is 1.00 bits per heavy atom. The van der Waals surface area contributed by atoms with Gasteiger partial charge in [-0.1, -0.05) is 30.3 Å². The van der Waals surface area contributed by atoms with Crippen LogP contribution in [-0.2, 0) is 12.7 Å². The number of imidazole rings is 1. The van der Waals surface area contributed by atoms with Crippen LogP contribution in [-0.4, -0.2) is 33.4 Å². The van der Waals surface area contributed by atoms with Crippen LogP contribution in [0.4, 0.5) is 13.2 Å². The Balaban J connectivity index is 1.36. The van der Waals surface area contributed by atoms with Gasteiger partial charge in [0, 0.05) is 43.2 Å². The van der Waals surface area contributed by atoms with Crippen molar-refractivity contribution in [3.05, 3.63) is 78.1 Å². The van der Waals surface area contributed by atoms with Crippen LogP contribution in [0.3, 0.4) is 0 Å². The highest BCUT2D eigenvalue weighted by Gasteiger charge is 2.31. The number of piperidine rings is 1. The summed E-state index contributed by atoms with van der Waals surface area (Å²) < 4.78 is 40.3. The maximum Gasteiger partial charge on any atom is 0.416 e. The second kappa shape index (κ2) is 8.34. The normalized spacial score (nSPS) is 15.4. The summed E-state index contributed by atoms with van der Waals surface area (Å²) >= 11 is 0. The van der Waals surface area contributed by atoms with Gasteiger partial charge in [-0.3, -0.25) is 4.79 Å². The molecule has 4 rings (SSSR count). The molecule has 0 spiro atoms. The van der Waals surface area contributed by atoms with E-state index < -0.39 is 11.7 Å². The van der Waals surface area contributed by atoms with E-state index in [9.17, 15) is 18.0 Å². The fraction of sp³-hybridized carbons (Fsp3) is 0.304. The number of halogens is 3. The number of carbonyl (C=O) groups is 1. The van der Waals surface area contributed by atoms with Crippen LogP contribution in [0, 0.1) is 5.92 Å². The summed E-state index contributed by atoms with van der Waals surface area (Å²) in [4.78, 5) is 18.9. The number of hydrogen-bond donors (Lipinski definition) is 0. The smallest absolute Gasteiger partial charge is 0.339 e. The molecule has 2 heterocycles. The van der Waals surface area contributed by atoms with E-state index in [2.05, 4.69) is 9.55 Å². The van der Waals surface area contributed by atoms with Crippen molar-refractivity contribution in [3.63, 3.8) is 0 Å². The minimum atomic E-state index is -4.40. The molecule has 0 unspecified atom stereocenters. The molecule has 0 radical (unpaired) electrons. The van der Waals surface area contributed by atoms with Crippen molar-refractivity contribution in [2.24, 2.45) is 5.92 Å². The van der Waals surface area contributed by atoms with E-state index >= 15 is 0 Å². The van der Waals surface area contributed by atoms with Gasteiger partial charge in [-0.2, -0.15) is 13.2 Å². The summed E-state index contributed by atoms with van der Waals surface area (Å²) in [6, 6.07) is 14.5. The van der Waals surface area contributed by atoms with Gasteiger partial charge in [-0.25, -0.2) is 4.98 Å². The first-order chi connectivity index (χ1) is 14.4. The summed E-state index contributed by atoms with van der Waals surface area (Å²) in [5, 5.41) is 0. The third-order valence-corrected chi connectivity index (χ3v) is 5.56. The minimum absolute atomic E-state index is 0.213. The van der Waals surface area contributed by atoms with E-state index in [0.29, 0.717) is 24.6 Å². The largest absolute Gasteiger partial charge is 0.416 e. The molecule has 1 fully saturated rings. The molecule has 7 heteroatoms. The maximum absolute atomic E-state index is 12.7. The predicted octanol–water partition coefficient (Wildman–Crippen LogP) is 5.12. The lowest BCUT2D eigenvalue weighted by Gasteiger charge is -2.32. The number of alkyl halides is 3. The third kappa shape index (κ3) is 4.40. The molecule has 30 heavy (non-hydrogen) atoms. The number of amides is 1. The molecule has 1 aliphatic rings. The Morgan fingerprint density at radius 3 is 2.30 bits per heavy atom. The molecule has 0 N–H and O–H groups in total. The van der Waals surface area contributed by atoms with Gasteiger partial charge in [0.1, 0.15) is 5.82 Å². The first-order valence-corrected chi connectivity index (χ1v) is 9.95. The molecular formula is C23H22F3N3O. The summed E-state index contributed by atoms with van der Waals surface area (Å²) in [5.41, 5.74) is 0.618. The number of likely N-dealkylation sites (tertiary alicyclic amines) is 1. The van der Waals surface area contributed by atoms with Crippen molar-refractivity contribution in [2.45, 2.75) is 25.6 Å². The number of carbonyl (C=O) groups excluding carboxylic acids is 1. The standard InChI is InChI=1S/C23H22F3N3O/c24-23(25,26)20-8-6-19(7-9-20)22(30)28-13-10-17(11-14-28)16-29-15-12-27-21(29)18-4-2-1-3-5-18/h1-9,12,15,17H,10-11,13-14,16H2. The highest BCUT2D eigenvalue weighted by molar-refractivity contribution is 5.94. The number of nitrogens with zero attached hydrogens (tertiary/aromatic N) is 3. The molecule has 2 aromatic carbocycles. The molecule has 1 saturated heterocycles. The number of hydrogen-bond acceptors (Lipinski definition) is 2. The van der Waals surface area contributed by atoms with Crippen LogP contribution in [0.5, 0.6) is 0 Å². The lowest BCUT2D eigenvalue weighted by atomic mass is 9.96. The van der Waals surface area contributed by atoms with Crippen LogP contribution < -0.4 is 0 Å². The quantitative estimate of drug-likeness (QED) is 0.595. The Kier molecular flexibility index (Phi) is 5.61. The molecule has 156 valence electrons. The number of aromatic nitrogens is 2. The van der Waals surface area contributed by atoms with Crippen LogP contribution in [0.2, 0.25) is 0 Å². The molecule has 0 aliphatic carbocycles. The Morgan fingerprint density at radius 2 is 1.67 bits per heavy atom. The van der Waals surface area contributed by atoms with Gasteiger partial charge in [-0.15, -0.1) is 0 Å². The van der Waals surface area contributed by atoms with Crippen LogP contribution in [0.15, 0.2) is 67.0 Å². The van der Waals surface area contributed by atoms with Crippen molar-refractivity contribution in [3.8, 4) is 11.4 Å². The maximum atomic E-state index is 12.7. The lowest BCUT2D eigenvalue weighted by Crippen LogP contribution is -2.39. The highest BCUT2D eigenvalue weighted by Crippen LogP contribution is 2.30. The first-order valence-electron chi connectivity index (χ1n) is 9.95. The zero-order chi connectivity index (χ0) is 21.1. The molecule has 1 amide bonds. The van der Waals surface area contributed by atoms with E-state index in [4.69, 9.17) is 0 Å². The van der Waals surface area contributed by atoms with Crippen LogP contribution >= 0.6 is 0 Å². The van der Waals surface area contributed by atoms with E-state index in [0.717, 1.165) is 42.9 Å². The topological polar surface area (TPSA) is 38.1 Å². The van der Waals surface area contributed by atoms with Crippen molar-refractivity contribution in [1.29, 1.82) is 0 Å². The fourth-order valence-corrected chi connectivity index (χ4v) is 3.89. The summed E-state index contributed by atoms with van der Waals surface area (Å²) in [7, 11) is 0. The first kappa shape index (κ1) is 20.2. The van der Waals surface area contributed by atoms with Gasteiger partial charge in [0.15, 0.2) is 0 Å². The SMILES string of the molecule is O=C(c1ccc(C(F)(F)F)cc1)N1CCC(Cn2ccnc2-c2ccccc2)CC1. The zero-order valence-electron chi connectivity index (χ0n) is 16.3. The predicted molar refractivity (Wildman–Crippen MR) is 108 cm³/mol. The average Bonchev–Trinajstić information content (AvgIpc) is 3.22. The van der Waals surface area contributed by atoms with E-state index in [-0.39, 0.29) is 5.91 Å². The highest BCUT2D eigenvalue weighted by atomic mass is 19.4. The lowest BCUT2D eigenvalue weighted by molar-refractivity contribution is -0.137. The third-order valence-electron chi connectivity index (χ3n) is 5.56. The van der Waals surface area contributed by atoms with Gasteiger partial charge in [0.05, 0.1) is 5.56 Å². The zero-order valence-corrected chi connectivity index (χ0v) is 16.3.